The van der Waals surface area contributed by atoms with Gasteiger partial charge in [0, 0.05) is 72.4 Å². The topological polar surface area (TPSA) is 458 Å². The number of likely N-dealkylation sites (tertiary alicyclic amines) is 1. The Labute approximate surface area is 665 Å². The van der Waals surface area contributed by atoms with Crippen molar-refractivity contribution in [2.24, 2.45) is 35.3 Å². The molecular weight excluding hydrogens is 1460 g/mol. The number of hydrogen-bond acceptors (Lipinski definition) is 20. The van der Waals surface area contributed by atoms with Crippen molar-refractivity contribution >= 4 is 88.9 Å². The van der Waals surface area contributed by atoms with Crippen LogP contribution in [0.3, 0.4) is 0 Å². The van der Waals surface area contributed by atoms with E-state index < -0.39 is 185 Å². The summed E-state index contributed by atoms with van der Waals surface area (Å²) in [5.74, 6) is -11.8. The minimum absolute atomic E-state index is 0.0359. The lowest BCUT2D eigenvalue weighted by molar-refractivity contribution is -0.156. The molecule has 1 heterocycles. The number of anilines is 1. The number of methoxy groups -OCH3 is 2. The summed E-state index contributed by atoms with van der Waals surface area (Å²) in [6, 6.07) is 3.24. The monoisotopic (exact) mass is 1590 g/mol. The number of amides is 12. The molecule has 0 spiro atoms. The summed E-state index contributed by atoms with van der Waals surface area (Å²) in [7, 11) is 5.75. The maximum absolute atomic E-state index is 14.9. The summed E-state index contributed by atoms with van der Waals surface area (Å²) in [5, 5.41) is 42.8. The molecule has 0 bridgehead atoms. The van der Waals surface area contributed by atoms with Crippen LogP contribution in [0.4, 0.5) is 15.3 Å². The SMILES string of the molecule is CC[C@H](C)[C@@H](C(CC(=O)N1CCC[C@H]1[C@H](OC)[C@@H](C)C(=O)N[C@H](C)[C@@H](O)c1ccccc1)OC)N(C)C(=O)[C@@H](NC(=O)[C@H](C(C)C)N(C)C(=O)OC(C(=O)O)c1ccc(NC(=O)[C@H](CCCNC(N)=O)NC(=O)[C@@H](NC(=O)[C@H](CCC(=O)OC(C)(C)C)NC(=O)[C@H](CCCC(=O)OC(C)(C)C)NC(C)=O)C(C)C)cc1)C(C)C. The number of carboxylic acid groups (broad SMARTS) is 1. The first-order chi connectivity index (χ1) is 52.7. The van der Waals surface area contributed by atoms with E-state index in [0.717, 1.165) is 4.90 Å². The molecule has 15 atom stereocenters. The molecule has 634 valence electrons. The van der Waals surface area contributed by atoms with Gasteiger partial charge < -0.3 is 92.0 Å². The van der Waals surface area contributed by atoms with Crippen LogP contribution in [-0.2, 0) is 81.2 Å². The Morgan fingerprint density at radius 2 is 1.15 bits per heavy atom. The lowest BCUT2D eigenvalue weighted by atomic mass is 9.89. The van der Waals surface area contributed by atoms with Gasteiger partial charge in [-0.1, -0.05) is 111 Å². The van der Waals surface area contributed by atoms with Crippen LogP contribution in [0.25, 0.3) is 0 Å². The van der Waals surface area contributed by atoms with Crippen molar-refractivity contribution in [3.05, 3.63) is 65.7 Å². The van der Waals surface area contributed by atoms with E-state index in [0.29, 0.717) is 31.4 Å². The van der Waals surface area contributed by atoms with E-state index >= 15 is 0 Å². The Hall–Kier alpha value is -9.50. The normalized spacial score (nSPS) is 16.8. The molecule has 12 N–H and O–H groups in total. The van der Waals surface area contributed by atoms with Gasteiger partial charge in [0.15, 0.2) is 0 Å². The molecule has 1 aliphatic heterocycles. The number of carbonyl (C=O) groups excluding carboxylic acids is 13. The maximum Gasteiger partial charge on any atom is 0.411 e. The number of hydrogen-bond donors (Lipinski definition) is 11. The molecule has 2 unspecified atom stereocenters. The van der Waals surface area contributed by atoms with Crippen LogP contribution < -0.4 is 48.3 Å². The van der Waals surface area contributed by atoms with Gasteiger partial charge in [0.05, 0.1) is 48.8 Å². The Morgan fingerprint density at radius 1 is 0.611 bits per heavy atom. The van der Waals surface area contributed by atoms with E-state index in [-0.39, 0.29) is 86.9 Å². The second kappa shape index (κ2) is 46.0. The van der Waals surface area contributed by atoms with Crippen molar-refractivity contribution in [2.75, 3.05) is 46.7 Å². The molecule has 0 saturated carbocycles. The quantitative estimate of drug-likeness (QED) is 0.0211. The standard InChI is InChI=1S/C80H128N12O21/c1-22-47(8)65(58(109-20)43-59(94)92-42-28-33-57(92)67(110-21)48(9)69(98)83-49(10)66(97)51-29-24-23-25-30-51)90(18)75(104)63(45(4)5)89-74(103)64(46(6)7)91(19)78(108)111-68(76(105)106)52-35-37-53(38-36-52)85-70(99)55(32-27-41-82-77(81)107)87-73(102)62(44(2)3)88-72(101)56(39-40-61(96)113-80(15,16)17)86-71(100)54(84-50(11)93)31-26-34-60(95)112-79(12,13)14/h23-25,29-30,35-38,44-49,54-58,62-68,97H,22,26-28,31-34,39-43H2,1-21H3,(H,83,98)(H,84,93)(H,85,99)(H,86,100)(H,87,102)(H,88,101)(H,89,103)(H,105,106)(H3,81,82,107)/t47-,48+,49+,54-,55-,56-,57-,58?,62-,63-,64-,65-,66+,67+,68?/m0/s1. The summed E-state index contributed by atoms with van der Waals surface area (Å²) in [4.78, 5) is 195. The summed E-state index contributed by atoms with van der Waals surface area (Å²) in [6.07, 6.45) is -5.02. The fraction of sp³-hybridized carbons (Fsp3) is 0.675. The molecule has 2 aromatic carbocycles. The van der Waals surface area contributed by atoms with Crippen molar-refractivity contribution in [1.82, 2.24) is 51.9 Å². The first-order valence-corrected chi connectivity index (χ1v) is 38.9. The van der Waals surface area contributed by atoms with Crippen molar-refractivity contribution in [1.29, 1.82) is 0 Å². The fourth-order valence-electron chi connectivity index (χ4n) is 13.5. The number of carboxylic acids is 1. The highest BCUT2D eigenvalue weighted by molar-refractivity contribution is 6.00. The van der Waals surface area contributed by atoms with Gasteiger partial charge in [-0.25, -0.2) is 14.4 Å². The van der Waals surface area contributed by atoms with Crippen LogP contribution in [0.1, 0.15) is 212 Å². The first-order valence-electron chi connectivity index (χ1n) is 38.9. The zero-order valence-corrected chi connectivity index (χ0v) is 69.9. The highest BCUT2D eigenvalue weighted by atomic mass is 16.6. The molecule has 33 heteroatoms. The molecule has 12 amide bonds. The van der Waals surface area contributed by atoms with Crippen molar-refractivity contribution in [3.63, 3.8) is 0 Å². The van der Waals surface area contributed by atoms with E-state index in [1.54, 1.807) is 133 Å². The van der Waals surface area contributed by atoms with Crippen LogP contribution in [0.2, 0.25) is 0 Å². The third-order valence-corrected chi connectivity index (χ3v) is 19.5. The van der Waals surface area contributed by atoms with Gasteiger partial charge in [0.1, 0.15) is 47.5 Å². The summed E-state index contributed by atoms with van der Waals surface area (Å²) >= 11 is 0. The minimum atomic E-state index is -1.99. The van der Waals surface area contributed by atoms with E-state index in [1.165, 1.54) is 57.4 Å². The summed E-state index contributed by atoms with van der Waals surface area (Å²) in [6.45, 7) is 28.7. The molecule has 3 rings (SSSR count). The van der Waals surface area contributed by atoms with Gasteiger partial charge in [-0.15, -0.1) is 0 Å². The Kier molecular flexibility index (Phi) is 39.8. The number of aliphatic hydroxyl groups excluding tert-OH is 1. The lowest BCUT2D eigenvalue weighted by Crippen LogP contribution is -2.60. The number of esters is 2. The molecule has 1 fully saturated rings. The Balaban J connectivity index is 1.85. The Bertz CT molecular complexity index is 3510. The van der Waals surface area contributed by atoms with Gasteiger partial charge in [0.25, 0.3) is 0 Å². The molecule has 0 radical (unpaired) electrons. The van der Waals surface area contributed by atoms with E-state index in [2.05, 4.69) is 42.5 Å². The predicted molar refractivity (Wildman–Crippen MR) is 420 cm³/mol. The highest BCUT2D eigenvalue weighted by Gasteiger charge is 2.45. The minimum Gasteiger partial charge on any atom is -0.478 e. The number of carbonyl (C=O) groups is 14. The maximum atomic E-state index is 14.9. The van der Waals surface area contributed by atoms with Crippen LogP contribution in [0.5, 0.6) is 0 Å². The molecule has 0 aliphatic carbocycles. The molecule has 0 aromatic heterocycles. The van der Waals surface area contributed by atoms with Gasteiger partial charge in [-0.2, -0.15) is 0 Å². The van der Waals surface area contributed by atoms with E-state index in [4.69, 9.17) is 29.4 Å². The molecule has 2 aromatic rings. The Morgan fingerprint density at radius 3 is 1.67 bits per heavy atom. The third kappa shape index (κ3) is 31.8. The van der Waals surface area contributed by atoms with Crippen molar-refractivity contribution in [2.45, 2.75) is 278 Å². The number of nitrogens with two attached hydrogens (primary N) is 1. The van der Waals surface area contributed by atoms with Crippen LogP contribution in [-0.4, -0.2) is 227 Å². The smallest absolute Gasteiger partial charge is 0.411 e. The van der Waals surface area contributed by atoms with Crippen molar-refractivity contribution < 1.29 is 101 Å². The number of nitrogens with zero attached hydrogens (tertiary/aromatic N) is 3. The van der Waals surface area contributed by atoms with Crippen molar-refractivity contribution in [3.8, 4) is 0 Å². The van der Waals surface area contributed by atoms with Crippen LogP contribution in [0, 0.1) is 29.6 Å². The van der Waals surface area contributed by atoms with Crippen LogP contribution >= 0.6 is 0 Å². The average Bonchev–Trinajstić information content (AvgIpc) is 1.74. The number of likely N-dealkylation sites (N-methyl/N-ethyl adjacent to an activating group) is 2. The number of benzene rings is 2. The lowest BCUT2D eigenvalue weighted by Gasteiger charge is -2.41. The molecule has 33 nitrogen and oxygen atoms in total. The molecular formula is C80H128N12O21. The predicted octanol–water partition coefficient (Wildman–Crippen LogP) is 5.84. The van der Waals surface area contributed by atoms with Gasteiger partial charge >= 0.3 is 30.0 Å². The zero-order valence-electron chi connectivity index (χ0n) is 69.9. The van der Waals surface area contributed by atoms with E-state index in [1.807, 2.05) is 19.9 Å². The number of aliphatic carboxylic acids is 1. The third-order valence-electron chi connectivity index (χ3n) is 19.5. The van der Waals surface area contributed by atoms with Gasteiger partial charge in [-0.3, -0.25) is 57.6 Å². The molecule has 1 aliphatic rings. The number of aliphatic hydroxyl groups is 1. The fourth-order valence-corrected chi connectivity index (χ4v) is 13.5. The number of rotatable bonds is 44. The summed E-state index contributed by atoms with van der Waals surface area (Å²) in [5.41, 5.74) is 4.21. The van der Waals surface area contributed by atoms with Crippen LogP contribution in [0.15, 0.2) is 54.6 Å². The zero-order chi connectivity index (χ0) is 85.7. The summed E-state index contributed by atoms with van der Waals surface area (Å²) < 4.78 is 28.5. The first kappa shape index (κ1) is 97.7. The number of primary amides is 1. The second-order valence-electron chi connectivity index (χ2n) is 32.1. The number of urea groups is 1. The largest absolute Gasteiger partial charge is 0.478 e. The van der Waals surface area contributed by atoms with E-state index in [9.17, 15) is 77.3 Å². The number of nitrogens with one attached hydrogen (secondary N) is 8. The average molecular weight is 1590 g/mol. The molecule has 1 saturated heterocycles. The second-order valence-corrected chi connectivity index (χ2v) is 32.1. The van der Waals surface area contributed by atoms with Gasteiger partial charge in [-0.05, 0) is 135 Å². The van der Waals surface area contributed by atoms with Gasteiger partial charge in [0.2, 0.25) is 59.3 Å². The number of ether oxygens (including phenoxy) is 5. The molecule has 113 heavy (non-hydrogen) atoms. The highest BCUT2D eigenvalue weighted by Crippen LogP contribution is 2.31.